The molecule has 0 saturated carbocycles. The molecule has 1 saturated heterocycles. The van der Waals surface area contributed by atoms with Crippen LogP contribution in [0.1, 0.15) is 16.7 Å². The van der Waals surface area contributed by atoms with Gasteiger partial charge in [-0.05, 0) is 44.0 Å². The molecule has 3 rings (SSSR count). The number of thioether (sulfide) groups is 1. The summed E-state index contributed by atoms with van der Waals surface area (Å²) in [5.41, 5.74) is 2.60. The average Bonchev–Trinajstić information content (AvgIpc) is 2.66. The number of hydrogen-bond acceptors (Lipinski definition) is 4. The van der Waals surface area contributed by atoms with E-state index in [1.165, 1.54) is 16.1 Å². The van der Waals surface area contributed by atoms with E-state index >= 15 is 0 Å². The first kappa shape index (κ1) is 20.9. The lowest BCUT2D eigenvalue weighted by atomic mass is 10.1. The lowest BCUT2D eigenvalue weighted by Gasteiger charge is -2.34. The van der Waals surface area contributed by atoms with Gasteiger partial charge in [0.25, 0.3) is 0 Å². The molecule has 1 heterocycles. The second kappa shape index (κ2) is 8.68. The maximum absolute atomic E-state index is 13.1. The van der Waals surface area contributed by atoms with E-state index in [-0.39, 0.29) is 5.91 Å². The Balaban J connectivity index is 1.62. The maximum atomic E-state index is 13.1. The van der Waals surface area contributed by atoms with Crippen molar-refractivity contribution in [2.75, 3.05) is 31.9 Å². The normalized spacial score (nSPS) is 15.6. The van der Waals surface area contributed by atoms with Gasteiger partial charge in [-0.3, -0.25) is 4.79 Å². The van der Waals surface area contributed by atoms with Crippen molar-refractivity contribution in [2.45, 2.75) is 30.6 Å². The lowest BCUT2D eigenvalue weighted by Crippen LogP contribution is -2.51. The summed E-state index contributed by atoms with van der Waals surface area (Å²) >= 11 is 1.51. The molecule has 1 amide bonds. The smallest absolute Gasteiger partial charge is 0.243 e. The molecule has 0 unspecified atom stereocenters. The zero-order chi connectivity index (χ0) is 20.3. The molecule has 0 aliphatic carbocycles. The van der Waals surface area contributed by atoms with Gasteiger partial charge in [0.2, 0.25) is 15.9 Å². The highest BCUT2D eigenvalue weighted by molar-refractivity contribution is 8.00. The third-order valence-corrected chi connectivity index (χ3v) is 8.10. The lowest BCUT2D eigenvalue weighted by molar-refractivity contribution is -0.129. The molecule has 28 heavy (non-hydrogen) atoms. The Morgan fingerprint density at radius 3 is 2.11 bits per heavy atom. The Kier molecular flexibility index (Phi) is 6.47. The Morgan fingerprint density at radius 1 is 0.964 bits per heavy atom. The molecule has 5 nitrogen and oxygen atoms in total. The number of nitrogens with zero attached hydrogens (tertiary/aromatic N) is 2. The summed E-state index contributed by atoms with van der Waals surface area (Å²) in [6.45, 7) is 7.16. The summed E-state index contributed by atoms with van der Waals surface area (Å²) in [5, 5.41) is 0. The second-order valence-corrected chi connectivity index (χ2v) is 10.0. The monoisotopic (exact) mass is 418 g/mol. The molecule has 0 bridgehead atoms. The highest BCUT2D eigenvalue weighted by Crippen LogP contribution is 2.26. The van der Waals surface area contributed by atoms with Crippen LogP contribution < -0.4 is 0 Å². The minimum atomic E-state index is -3.55. The largest absolute Gasteiger partial charge is 0.339 e. The number of carbonyl (C=O) groups is 1. The molecule has 0 N–H and O–H groups in total. The molecular weight excluding hydrogens is 392 g/mol. The standard InChI is InChI=1S/C21H26N2O3S2/c1-16-13-17(2)21(18(3)14-16)28(25,26)23-11-9-22(10-12-23)20(24)15-27-19-7-5-4-6-8-19/h4-8,13-14H,9-12,15H2,1-3H3. The van der Waals surface area contributed by atoms with Crippen molar-refractivity contribution < 1.29 is 13.2 Å². The second-order valence-electron chi connectivity index (χ2n) is 7.11. The van der Waals surface area contributed by atoms with E-state index in [2.05, 4.69) is 0 Å². The number of hydrogen-bond donors (Lipinski definition) is 0. The molecule has 150 valence electrons. The van der Waals surface area contributed by atoms with Crippen LogP contribution in [0, 0.1) is 20.8 Å². The number of amides is 1. The summed E-state index contributed by atoms with van der Waals surface area (Å²) in [6, 6.07) is 13.6. The predicted molar refractivity (Wildman–Crippen MR) is 113 cm³/mol. The van der Waals surface area contributed by atoms with Crippen LogP contribution >= 0.6 is 11.8 Å². The fourth-order valence-corrected chi connectivity index (χ4v) is 6.29. The van der Waals surface area contributed by atoms with Crippen molar-refractivity contribution in [1.29, 1.82) is 0 Å². The van der Waals surface area contributed by atoms with E-state index in [4.69, 9.17) is 0 Å². The van der Waals surface area contributed by atoms with E-state index in [9.17, 15) is 13.2 Å². The van der Waals surface area contributed by atoms with E-state index in [0.717, 1.165) is 21.6 Å². The molecule has 1 aliphatic rings. The van der Waals surface area contributed by atoms with Crippen molar-refractivity contribution in [3.63, 3.8) is 0 Å². The molecule has 0 radical (unpaired) electrons. The van der Waals surface area contributed by atoms with E-state index < -0.39 is 10.0 Å². The molecule has 1 fully saturated rings. The molecular formula is C21H26N2O3S2. The number of benzene rings is 2. The molecule has 1 aliphatic heterocycles. The van der Waals surface area contributed by atoms with Gasteiger partial charge in [-0.25, -0.2) is 8.42 Å². The van der Waals surface area contributed by atoms with Gasteiger partial charge >= 0.3 is 0 Å². The fourth-order valence-electron chi connectivity index (χ4n) is 3.63. The number of piperazine rings is 1. The topological polar surface area (TPSA) is 57.7 Å². The van der Waals surface area contributed by atoms with Crippen molar-refractivity contribution in [3.05, 3.63) is 59.2 Å². The first-order valence-electron chi connectivity index (χ1n) is 9.32. The van der Waals surface area contributed by atoms with Crippen LogP contribution in [0.25, 0.3) is 0 Å². The van der Waals surface area contributed by atoms with E-state index in [0.29, 0.717) is 36.8 Å². The third kappa shape index (κ3) is 4.59. The minimum absolute atomic E-state index is 0.0496. The molecule has 2 aromatic rings. The summed E-state index contributed by atoms with van der Waals surface area (Å²) in [6.07, 6.45) is 0. The SMILES string of the molecule is Cc1cc(C)c(S(=O)(=O)N2CCN(C(=O)CSc3ccccc3)CC2)c(C)c1. The van der Waals surface area contributed by atoms with Gasteiger partial charge in [0.1, 0.15) is 0 Å². The number of rotatable bonds is 5. The Labute approximate surface area is 171 Å². The van der Waals surface area contributed by atoms with Crippen LogP contribution in [0.4, 0.5) is 0 Å². The summed E-state index contributed by atoms with van der Waals surface area (Å²) in [4.78, 5) is 15.7. The van der Waals surface area contributed by atoms with Crippen molar-refractivity contribution in [1.82, 2.24) is 9.21 Å². The first-order chi connectivity index (χ1) is 13.3. The van der Waals surface area contributed by atoms with Crippen LogP contribution in [0.3, 0.4) is 0 Å². The molecule has 0 spiro atoms. The quantitative estimate of drug-likeness (QED) is 0.700. The van der Waals surface area contributed by atoms with Crippen molar-refractivity contribution in [2.24, 2.45) is 0 Å². The van der Waals surface area contributed by atoms with E-state index in [1.807, 2.05) is 63.2 Å². The van der Waals surface area contributed by atoms with Crippen LogP contribution in [0.15, 0.2) is 52.3 Å². The molecule has 2 aromatic carbocycles. The number of sulfonamides is 1. The Hall–Kier alpha value is -1.83. The summed E-state index contributed by atoms with van der Waals surface area (Å²) in [7, 11) is -3.55. The highest BCUT2D eigenvalue weighted by atomic mass is 32.2. The van der Waals surface area contributed by atoms with Crippen LogP contribution in [0.5, 0.6) is 0 Å². The van der Waals surface area contributed by atoms with Gasteiger partial charge in [-0.15, -0.1) is 11.8 Å². The zero-order valence-electron chi connectivity index (χ0n) is 16.5. The number of aryl methyl sites for hydroxylation is 3. The van der Waals surface area contributed by atoms with Gasteiger partial charge in [-0.2, -0.15) is 4.31 Å². The Morgan fingerprint density at radius 2 is 1.54 bits per heavy atom. The fraction of sp³-hybridized carbons (Fsp3) is 0.381. The van der Waals surface area contributed by atoms with Crippen LogP contribution in [-0.4, -0.2) is 55.5 Å². The number of carbonyl (C=O) groups excluding carboxylic acids is 1. The van der Waals surface area contributed by atoms with Gasteiger partial charge < -0.3 is 4.90 Å². The predicted octanol–water partition coefficient (Wildman–Crippen LogP) is 3.24. The van der Waals surface area contributed by atoms with Gasteiger partial charge in [-0.1, -0.05) is 35.9 Å². The van der Waals surface area contributed by atoms with E-state index in [1.54, 1.807) is 4.90 Å². The minimum Gasteiger partial charge on any atom is -0.339 e. The van der Waals surface area contributed by atoms with Crippen molar-refractivity contribution >= 4 is 27.7 Å². The zero-order valence-corrected chi connectivity index (χ0v) is 18.1. The van der Waals surface area contributed by atoms with Crippen molar-refractivity contribution in [3.8, 4) is 0 Å². The highest BCUT2D eigenvalue weighted by Gasteiger charge is 2.32. The van der Waals surface area contributed by atoms with Gasteiger partial charge in [0.05, 0.1) is 10.6 Å². The van der Waals surface area contributed by atoms with Crippen LogP contribution in [-0.2, 0) is 14.8 Å². The molecule has 0 atom stereocenters. The third-order valence-electron chi connectivity index (χ3n) is 4.90. The maximum Gasteiger partial charge on any atom is 0.243 e. The molecule has 0 aromatic heterocycles. The van der Waals surface area contributed by atoms with Gasteiger partial charge in [0, 0.05) is 31.1 Å². The summed E-state index contributed by atoms with van der Waals surface area (Å²) < 4.78 is 27.8. The Bertz CT molecular complexity index is 928. The van der Waals surface area contributed by atoms with Gasteiger partial charge in [0.15, 0.2) is 0 Å². The average molecular weight is 419 g/mol. The molecule has 7 heteroatoms. The first-order valence-corrected chi connectivity index (χ1v) is 11.8. The summed E-state index contributed by atoms with van der Waals surface area (Å²) in [5.74, 6) is 0.418. The van der Waals surface area contributed by atoms with Crippen LogP contribution in [0.2, 0.25) is 0 Å².